The lowest BCUT2D eigenvalue weighted by Crippen LogP contribution is -2.47. The molecule has 0 saturated carbocycles. The van der Waals surface area contributed by atoms with Crippen LogP contribution in [0.5, 0.6) is 0 Å². The van der Waals surface area contributed by atoms with Gasteiger partial charge >= 0.3 is 0 Å². The van der Waals surface area contributed by atoms with Crippen LogP contribution in [-0.2, 0) is 14.1 Å². The van der Waals surface area contributed by atoms with Crippen molar-refractivity contribution in [2.24, 2.45) is 14.1 Å². The Labute approximate surface area is 161 Å². The van der Waals surface area contributed by atoms with Crippen molar-refractivity contribution in [3.05, 3.63) is 37.4 Å². The average molecular weight is 376 g/mol. The number of nitrogens with zero attached hydrogens (tertiary/aromatic N) is 10. The minimum atomic E-state index is 0.832. The van der Waals surface area contributed by atoms with E-state index in [4.69, 9.17) is 4.98 Å². The van der Waals surface area contributed by atoms with Crippen LogP contribution in [0.3, 0.4) is 0 Å². The zero-order valence-corrected chi connectivity index (χ0v) is 15.8. The Kier molecular flexibility index (Phi) is 3.89. The second-order valence-electron chi connectivity index (χ2n) is 6.86. The highest BCUT2D eigenvalue weighted by Gasteiger charge is 2.22. The van der Waals surface area contributed by atoms with Gasteiger partial charge in [-0.1, -0.05) is 0 Å². The molecule has 0 bridgehead atoms. The summed E-state index contributed by atoms with van der Waals surface area (Å²) in [5, 5.41) is 4.21. The molecule has 0 atom stereocenters. The van der Waals surface area contributed by atoms with Gasteiger partial charge in [0.25, 0.3) is 0 Å². The Morgan fingerprint density at radius 1 is 0.893 bits per heavy atom. The van der Waals surface area contributed by atoms with Crippen LogP contribution in [0.4, 0.5) is 11.6 Å². The molecule has 1 aliphatic rings. The van der Waals surface area contributed by atoms with Gasteiger partial charge < -0.3 is 14.4 Å². The van der Waals surface area contributed by atoms with Crippen LogP contribution in [0.1, 0.15) is 0 Å². The Morgan fingerprint density at radius 3 is 2.50 bits per heavy atom. The smallest absolute Gasteiger partial charge is 0.165 e. The SMILES string of the molecule is Cn1cc(-c2cncc(N3CCN(c4ncnc5c4ncn5C)CC3)n2)cn1. The van der Waals surface area contributed by atoms with Crippen LogP contribution in [0.25, 0.3) is 22.4 Å². The molecule has 0 amide bonds. The summed E-state index contributed by atoms with van der Waals surface area (Å²) < 4.78 is 3.68. The predicted octanol–water partition coefficient (Wildman–Crippen LogP) is 0.880. The standard InChI is InChI=1S/C18H20N10/c1-25-12-22-16-17(25)20-11-21-18(16)28-5-3-27(4-6-28)15-9-19-8-14(24-15)13-7-23-26(2)10-13/h7-12H,3-6H2,1-2H3. The van der Waals surface area contributed by atoms with Gasteiger partial charge in [0.1, 0.15) is 12.1 Å². The van der Waals surface area contributed by atoms with Gasteiger partial charge in [-0.2, -0.15) is 5.10 Å². The summed E-state index contributed by atoms with van der Waals surface area (Å²) in [6.07, 6.45) is 10.7. The highest BCUT2D eigenvalue weighted by atomic mass is 15.3. The molecule has 0 N–H and O–H groups in total. The van der Waals surface area contributed by atoms with Crippen LogP contribution in [0.2, 0.25) is 0 Å². The minimum absolute atomic E-state index is 0.832. The maximum absolute atomic E-state index is 4.78. The number of hydrogen-bond donors (Lipinski definition) is 0. The molecule has 5 rings (SSSR count). The van der Waals surface area contributed by atoms with Gasteiger partial charge in [0.05, 0.1) is 30.6 Å². The van der Waals surface area contributed by atoms with Crippen molar-refractivity contribution < 1.29 is 0 Å². The summed E-state index contributed by atoms with van der Waals surface area (Å²) in [5.74, 6) is 1.77. The molecule has 0 unspecified atom stereocenters. The van der Waals surface area contributed by atoms with Crippen molar-refractivity contribution in [2.45, 2.75) is 0 Å². The quantitative estimate of drug-likeness (QED) is 0.520. The number of anilines is 2. The minimum Gasteiger partial charge on any atom is -0.352 e. The second-order valence-corrected chi connectivity index (χ2v) is 6.86. The molecule has 10 heteroatoms. The molecule has 1 fully saturated rings. The first-order valence-electron chi connectivity index (χ1n) is 9.12. The van der Waals surface area contributed by atoms with E-state index in [9.17, 15) is 0 Å². The third-order valence-corrected chi connectivity index (χ3v) is 5.00. The Bertz CT molecular complexity index is 1120. The van der Waals surface area contributed by atoms with Crippen LogP contribution in [-0.4, -0.2) is 65.4 Å². The van der Waals surface area contributed by atoms with Crippen molar-refractivity contribution in [2.75, 3.05) is 36.0 Å². The zero-order chi connectivity index (χ0) is 19.1. The normalized spacial score (nSPS) is 14.8. The van der Waals surface area contributed by atoms with E-state index >= 15 is 0 Å². The summed E-state index contributed by atoms with van der Waals surface area (Å²) >= 11 is 0. The fraction of sp³-hybridized carbons (Fsp3) is 0.333. The van der Waals surface area contributed by atoms with Crippen LogP contribution in [0, 0.1) is 0 Å². The number of imidazole rings is 1. The number of fused-ring (bicyclic) bond motifs is 1. The number of rotatable bonds is 3. The lowest BCUT2D eigenvalue weighted by atomic mass is 10.2. The van der Waals surface area contributed by atoms with Crippen LogP contribution >= 0.6 is 0 Å². The molecular weight excluding hydrogens is 356 g/mol. The summed E-state index contributed by atoms with van der Waals surface area (Å²) in [5.41, 5.74) is 3.49. The second kappa shape index (κ2) is 6.55. The topological polar surface area (TPSA) is 93.7 Å². The molecule has 10 nitrogen and oxygen atoms in total. The van der Waals surface area contributed by atoms with E-state index in [0.717, 1.165) is 60.2 Å². The predicted molar refractivity (Wildman–Crippen MR) is 105 cm³/mol. The van der Waals surface area contributed by atoms with Gasteiger partial charge in [0.15, 0.2) is 17.0 Å². The highest BCUT2D eigenvalue weighted by Crippen LogP contribution is 2.24. The first-order chi connectivity index (χ1) is 13.7. The van der Waals surface area contributed by atoms with Crippen LogP contribution < -0.4 is 9.80 Å². The zero-order valence-electron chi connectivity index (χ0n) is 15.8. The van der Waals surface area contributed by atoms with Gasteiger partial charge in [-0.05, 0) is 0 Å². The van der Waals surface area contributed by atoms with Gasteiger partial charge in [-0.25, -0.2) is 19.9 Å². The Balaban J connectivity index is 1.35. The third-order valence-electron chi connectivity index (χ3n) is 5.00. The van der Waals surface area contributed by atoms with Crippen molar-refractivity contribution in [3.8, 4) is 11.3 Å². The van der Waals surface area contributed by atoms with E-state index in [1.165, 1.54) is 0 Å². The highest BCUT2D eigenvalue weighted by molar-refractivity contribution is 5.83. The van der Waals surface area contributed by atoms with Crippen LogP contribution in [0.15, 0.2) is 37.4 Å². The van der Waals surface area contributed by atoms with Crippen molar-refractivity contribution in [1.82, 2.24) is 39.3 Å². The van der Waals surface area contributed by atoms with E-state index in [0.29, 0.717) is 0 Å². The average Bonchev–Trinajstić information content (AvgIpc) is 3.34. The summed E-state index contributed by atoms with van der Waals surface area (Å²) in [6, 6.07) is 0. The molecule has 142 valence electrons. The fourth-order valence-corrected chi connectivity index (χ4v) is 3.51. The van der Waals surface area contributed by atoms with Gasteiger partial charge in [0, 0.05) is 52.0 Å². The molecule has 5 heterocycles. The van der Waals surface area contributed by atoms with Crippen molar-refractivity contribution in [1.29, 1.82) is 0 Å². The number of aryl methyl sites for hydroxylation is 2. The molecular formula is C18H20N10. The Hall–Kier alpha value is -3.56. The van der Waals surface area contributed by atoms with E-state index in [2.05, 4.69) is 34.8 Å². The molecule has 0 aliphatic carbocycles. The third kappa shape index (κ3) is 2.82. The fourth-order valence-electron chi connectivity index (χ4n) is 3.51. The molecule has 1 aliphatic heterocycles. The monoisotopic (exact) mass is 376 g/mol. The van der Waals surface area contributed by atoms with E-state index in [1.54, 1.807) is 29.7 Å². The lowest BCUT2D eigenvalue weighted by Gasteiger charge is -2.35. The summed E-state index contributed by atoms with van der Waals surface area (Å²) in [7, 11) is 3.84. The molecule has 0 aromatic carbocycles. The largest absolute Gasteiger partial charge is 0.352 e. The molecule has 1 saturated heterocycles. The molecule has 4 aromatic heterocycles. The van der Waals surface area contributed by atoms with E-state index in [1.807, 2.05) is 31.1 Å². The van der Waals surface area contributed by atoms with E-state index < -0.39 is 0 Å². The molecule has 0 radical (unpaired) electrons. The molecule has 28 heavy (non-hydrogen) atoms. The van der Waals surface area contributed by atoms with Gasteiger partial charge in [0.2, 0.25) is 0 Å². The first kappa shape index (κ1) is 16.6. The number of aromatic nitrogens is 8. The molecule has 0 spiro atoms. The van der Waals surface area contributed by atoms with E-state index in [-0.39, 0.29) is 0 Å². The van der Waals surface area contributed by atoms with Gasteiger partial charge in [-0.15, -0.1) is 0 Å². The van der Waals surface area contributed by atoms with Gasteiger partial charge in [-0.3, -0.25) is 9.67 Å². The number of piperazine rings is 1. The van der Waals surface area contributed by atoms with Crippen molar-refractivity contribution >= 4 is 22.8 Å². The first-order valence-corrected chi connectivity index (χ1v) is 9.12. The summed E-state index contributed by atoms with van der Waals surface area (Å²) in [6.45, 7) is 3.34. The maximum atomic E-state index is 4.78. The maximum Gasteiger partial charge on any atom is 0.165 e. The number of hydrogen-bond acceptors (Lipinski definition) is 8. The molecule has 4 aromatic rings. The van der Waals surface area contributed by atoms with Crippen molar-refractivity contribution in [3.63, 3.8) is 0 Å². The summed E-state index contributed by atoms with van der Waals surface area (Å²) in [4.78, 5) is 26.9. The lowest BCUT2D eigenvalue weighted by molar-refractivity contribution is 0.642. The Morgan fingerprint density at radius 2 is 1.71 bits per heavy atom.